The Morgan fingerprint density at radius 1 is 1.29 bits per heavy atom. The van der Waals surface area contributed by atoms with E-state index >= 15 is 0 Å². The van der Waals surface area contributed by atoms with Crippen molar-refractivity contribution in [3.05, 3.63) is 45.3 Å². The lowest BCUT2D eigenvalue weighted by molar-refractivity contribution is -0.136. The smallest absolute Gasteiger partial charge is 0.263 e. The molecule has 0 spiro atoms. The Kier molecular flexibility index (Phi) is 5.69. The molecule has 1 N–H and O–H groups in total. The van der Waals surface area contributed by atoms with Crippen LogP contribution < -0.4 is 5.32 Å². The first-order chi connectivity index (χ1) is 13.5. The number of imide groups is 2. The molecule has 2 aliphatic rings. The molecule has 1 atom stereocenters. The van der Waals surface area contributed by atoms with Gasteiger partial charge in [0.05, 0.1) is 17.7 Å². The molecule has 2 heterocycles. The number of carbonyl (C=O) groups is 4. The van der Waals surface area contributed by atoms with Gasteiger partial charge in [0.25, 0.3) is 11.8 Å². The van der Waals surface area contributed by atoms with Crippen LogP contribution in [0.3, 0.4) is 0 Å². The van der Waals surface area contributed by atoms with Gasteiger partial charge in [-0.15, -0.1) is 0 Å². The number of nitrogens with zero attached hydrogens (tertiary/aromatic N) is 4. The van der Waals surface area contributed by atoms with Crippen molar-refractivity contribution in [2.75, 3.05) is 19.8 Å². The normalized spacial score (nSPS) is 18.1. The van der Waals surface area contributed by atoms with Crippen molar-refractivity contribution < 1.29 is 23.9 Å². The molecule has 10 nitrogen and oxygen atoms in total. The summed E-state index contributed by atoms with van der Waals surface area (Å²) in [5.74, 6) is 3.26. The van der Waals surface area contributed by atoms with Crippen LogP contribution in [0.2, 0.25) is 0 Å². The first-order valence-corrected chi connectivity index (χ1v) is 8.46. The number of piperidine rings is 1. The molecule has 1 aromatic rings. The Hall–Kier alpha value is -3.67. The minimum absolute atomic E-state index is 0.0591. The number of azide groups is 1. The Labute approximate surface area is 159 Å². The number of benzene rings is 1. The maximum Gasteiger partial charge on any atom is 0.263 e. The number of hydrogen-bond acceptors (Lipinski definition) is 6. The SMILES string of the molecule is [N-]=[N+]=NCCOCC#Cc1cccc2c1C(=O)N(C1CCC(=O)NC1=O)C2=O. The van der Waals surface area contributed by atoms with Gasteiger partial charge in [0.1, 0.15) is 12.6 Å². The molecule has 4 amide bonds. The van der Waals surface area contributed by atoms with Gasteiger partial charge in [-0.25, -0.2) is 0 Å². The fourth-order valence-corrected chi connectivity index (χ4v) is 3.02. The lowest BCUT2D eigenvalue weighted by atomic mass is 10.0. The van der Waals surface area contributed by atoms with Gasteiger partial charge in [0.15, 0.2) is 0 Å². The highest BCUT2D eigenvalue weighted by Gasteiger charge is 2.45. The summed E-state index contributed by atoms with van der Waals surface area (Å²) in [6.07, 6.45) is 0.153. The van der Waals surface area contributed by atoms with E-state index in [9.17, 15) is 19.2 Å². The third-order valence-corrected chi connectivity index (χ3v) is 4.26. The summed E-state index contributed by atoms with van der Waals surface area (Å²) in [6.45, 7) is 0.461. The van der Waals surface area contributed by atoms with Crippen LogP contribution in [0, 0.1) is 11.8 Å². The van der Waals surface area contributed by atoms with Gasteiger partial charge in [0.2, 0.25) is 11.8 Å². The van der Waals surface area contributed by atoms with Gasteiger partial charge in [0, 0.05) is 23.4 Å². The summed E-state index contributed by atoms with van der Waals surface area (Å²) in [7, 11) is 0. The molecule has 1 saturated heterocycles. The van der Waals surface area contributed by atoms with Gasteiger partial charge in [-0.05, 0) is 24.1 Å². The molecule has 0 saturated carbocycles. The highest BCUT2D eigenvalue weighted by atomic mass is 16.5. The summed E-state index contributed by atoms with van der Waals surface area (Å²) in [4.78, 5) is 52.5. The van der Waals surface area contributed by atoms with E-state index in [1.807, 2.05) is 0 Å². The third kappa shape index (κ3) is 3.71. The molecular weight excluding hydrogens is 366 g/mol. The van der Waals surface area contributed by atoms with Crippen molar-refractivity contribution in [2.45, 2.75) is 18.9 Å². The zero-order valence-electron chi connectivity index (χ0n) is 14.7. The van der Waals surface area contributed by atoms with Crippen LogP contribution >= 0.6 is 0 Å². The van der Waals surface area contributed by atoms with Crippen molar-refractivity contribution >= 4 is 23.6 Å². The lowest BCUT2D eigenvalue weighted by Crippen LogP contribution is -2.54. The fraction of sp³-hybridized carbons (Fsp3) is 0.333. The molecule has 0 aliphatic carbocycles. The molecule has 1 unspecified atom stereocenters. The number of rotatable bonds is 5. The quantitative estimate of drug-likeness (QED) is 0.200. The molecule has 1 fully saturated rings. The van der Waals surface area contributed by atoms with Crippen molar-refractivity contribution in [1.82, 2.24) is 10.2 Å². The molecular formula is C18H15N5O5. The van der Waals surface area contributed by atoms with Crippen LogP contribution in [0.5, 0.6) is 0 Å². The molecule has 0 bridgehead atoms. The van der Waals surface area contributed by atoms with Gasteiger partial charge in [-0.1, -0.05) is 23.0 Å². The topological polar surface area (TPSA) is 142 Å². The monoisotopic (exact) mass is 381 g/mol. The van der Waals surface area contributed by atoms with E-state index in [1.54, 1.807) is 12.1 Å². The fourth-order valence-electron chi connectivity index (χ4n) is 3.02. The summed E-state index contributed by atoms with van der Waals surface area (Å²) in [5.41, 5.74) is 8.83. The highest BCUT2D eigenvalue weighted by molar-refractivity contribution is 6.24. The lowest BCUT2D eigenvalue weighted by Gasteiger charge is -2.27. The van der Waals surface area contributed by atoms with Crippen LogP contribution in [-0.2, 0) is 14.3 Å². The maximum absolute atomic E-state index is 12.9. The molecule has 0 aromatic heterocycles. The minimum atomic E-state index is -1.02. The van der Waals surface area contributed by atoms with Crippen LogP contribution in [0.1, 0.15) is 39.1 Å². The second kappa shape index (κ2) is 8.35. The first kappa shape index (κ1) is 19.1. The van der Waals surface area contributed by atoms with Crippen molar-refractivity contribution in [1.29, 1.82) is 0 Å². The van der Waals surface area contributed by atoms with Gasteiger partial charge < -0.3 is 4.74 Å². The van der Waals surface area contributed by atoms with Gasteiger partial charge in [-0.3, -0.25) is 29.4 Å². The number of fused-ring (bicyclic) bond motifs is 1. The second-order valence-electron chi connectivity index (χ2n) is 5.98. The van der Waals surface area contributed by atoms with E-state index in [0.29, 0.717) is 5.56 Å². The second-order valence-corrected chi connectivity index (χ2v) is 5.98. The van der Waals surface area contributed by atoms with Crippen molar-refractivity contribution in [2.24, 2.45) is 5.11 Å². The van der Waals surface area contributed by atoms with Crippen molar-refractivity contribution in [3.8, 4) is 11.8 Å². The largest absolute Gasteiger partial charge is 0.369 e. The molecule has 0 radical (unpaired) electrons. The van der Waals surface area contributed by atoms with E-state index in [4.69, 9.17) is 10.3 Å². The highest BCUT2D eigenvalue weighted by Crippen LogP contribution is 2.29. The van der Waals surface area contributed by atoms with Gasteiger partial charge >= 0.3 is 0 Å². The summed E-state index contributed by atoms with van der Waals surface area (Å²) in [6, 6.07) is 3.69. The van der Waals surface area contributed by atoms with E-state index in [-0.39, 0.29) is 43.7 Å². The predicted molar refractivity (Wildman–Crippen MR) is 94.8 cm³/mol. The summed E-state index contributed by atoms with van der Waals surface area (Å²) < 4.78 is 5.18. The Morgan fingerprint density at radius 3 is 2.86 bits per heavy atom. The number of ether oxygens (including phenoxy) is 1. The number of nitrogens with one attached hydrogen (secondary N) is 1. The van der Waals surface area contributed by atoms with E-state index in [2.05, 4.69) is 27.2 Å². The molecule has 3 rings (SSSR count). The number of amides is 4. The average molecular weight is 381 g/mol. The Balaban J connectivity index is 1.78. The van der Waals surface area contributed by atoms with Crippen LogP contribution in [-0.4, -0.2) is 54.3 Å². The standard InChI is InChI=1S/C18H15N5O5/c19-22-20-8-10-28-9-2-4-11-3-1-5-12-15(11)18(27)23(17(12)26)13-6-7-14(24)21-16(13)25/h1,3,5,13H,6-10H2,(H,21,24,25). The molecule has 142 valence electrons. The zero-order chi connectivity index (χ0) is 20.1. The van der Waals surface area contributed by atoms with Crippen molar-refractivity contribution in [3.63, 3.8) is 0 Å². The molecule has 1 aromatic carbocycles. The summed E-state index contributed by atoms with van der Waals surface area (Å²) in [5, 5.41) is 5.48. The molecule has 10 heteroatoms. The predicted octanol–water partition coefficient (Wildman–Crippen LogP) is 0.766. The number of hydrogen-bond donors (Lipinski definition) is 1. The maximum atomic E-state index is 12.9. The Morgan fingerprint density at radius 2 is 2.11 bits per heavy atom. The van der Waals surface area contributed by atoms with E-state index in [1.165, 1.54) is 6.07 Å². The minimum Gasteiger partial charge on any atom is -0.369 e. The van der Waals surface area contributed by atoms with Crippen LogP contribution in [0.25, 0.3) is 10.4 Å². The number of carbonyl (C=O) groups excluding carboxylic acids is 4. The van der Waals surface area contributed by atoms with Crippen LogP contribution in [0.4, 0.5) is 0 Å². The zero-order valence-corrected chi connectivity index (χ0v) is 14.7. The van der Waals surface area contributed by atoms with E-state index in [0.717, 1.165) is 4.90 Å². The first-order valence-electron chi connectivity index (χ1n) is 8.46. The molecule has 28 heavy (non-hydrogen) atoms. The summed E-state index contributed by atoms with van der Waals surface area (Å²) >= 11 is 0. The van der Waals surface area contributed by atoms with E-state index < -0.39 is 29.7 Å². The molecule has 2 aliphatic heterocycles. The Bertz CT molecular complexity index is 970. The third-order valence-electron chi connectivity index (χ3n) is 4.26. The average Bonchev–Trinajstić information content (AvgIpc) is 2.93. The van der Waals surface area contributed by atoms with Crippen LogP contribution in [0.15, 0.2) is 23.3 Å². The van der Waals surface area contributed by atoms with Gasteiger partial charge in [-0.2, -0.15) is 0 Å².